The van der Waals surface area contributed by atoms with E-state index < -0.39 is 18.0 Å². The van der Waals surface area contributed by atoms with Gasteiger partial charge in [-0.25, -0.2) is 9.18 Å². The van der Waals surface area contributed by atoms with Crippen LogP contribution in [0.25, 0.3) is 11.3 Å². The van der Waals surface area contributed by atoms with Crippen molar-refractivity contribution < 1.29 is 14.0 Å². The second-order valence-electron chi connectivity index (χ2n) is 7.04. The molecule has 3 amide bonds. The number of carbonyl (C=O) groups is 2. The minimum Gasteiger partial charge on any atom is -0.351 e. The molecule has 2 aromatic carbocycles. The van der Waals surface area contributed by atoms with Gasteiger partial charge in [-0.1, -0.05) is 30.3 Å². The van der Waals surface area contributed by atoms with Gasteiger partial charge in [0.15, 0.2) is 0 Å². The van der Waals surface area contributed by atoms with Crippen molar-refractivity contribution in [2.45, 2.75) is 18.9 Å². The van der Waals surface area contributed by atoms with Crippen molar-refractivity contribution in [1.29, 1.82) is 0 Å². The molecule has 1 heterocycles. The lowest BCUT2D eigenvalue weighted by atomic mass is 10.0. The molecule has 0 bridgehead atoms. The van der Waals surface area contributed by atoms with Crippen molar-refractivity contribution in [2.75, 3.05) is 13.6 Å². The second-order valence-corrected chi connectivity index (χ2v) is 7.04. The molecular formula is C22H24FN5O2. The Morgan fingerprint density at radius 3 is 2.53 bits per heavy atom. The Bertz CT molecular complexity index is 988. The molecular weight excluding hydrogens is 385 g/mol. The van der Waals surface area contributed by atoms with Crippen LogP contribution in [0.5, 0.6) is 0 Å². The van der Waals surface area contributed by atoms with Gasteiger partial charge in [0.2, 0.25) is 5.91 Å². The summed E-state index contributed by atoms with van der Waals surface area (Å²) >= 11 is 0. The number of hydrogen-bond acceptors (Lipinski definition) is 4. The number of carbonyl (C=O) groups excluding carboxylic acids is 2. The maximum absolute atomic E-state index is 13.1. The molecule has 30 heavy (non-hydrogen) atoms. The van der Waals surface area contributed by atoms with Gasteiger partial charge in [0.1, 0.15) is 11.9 Å². The number of aromatic nitrogens is 2. The van der Waals surface area contributed by atoms with Crippen molar-refractivity contribution in [3.8, 4) is 11.3 Å². The van der Waals surface area contributed by atoms with E-state index in [9.17, 15) is 14.0 Å². The number of rotatable bonds is 8. The average Bonchev–Trinajstić information content (AvgIpc) is 3.18. The van der Waals surface area contributed by atoms with Crippen LogP contribution in [0.15, 0.2) is 60.7 Å². The summed E-state index contributed by atoms with van der Waals surface area (Å²) in [7, 11) is 1.83. The Kier molecular flexibility index (Phi) is 6.92. The highest BCUT2D eigenvalue weighted by Gasteiger charge is 2.25. The fraction of sp³-hybridized carbons (Fsp3) is 0.227. The number of hydrogen-bond donors (Lipinski definition) is 3. The molecule has 7 nitrogen and oxygen atoms in total. The smallest absolute Gasteiger partial charge is 0.318 e. The fourth-order valence-corrected chi connectivity index (χ4v) is 3.34. The molecule has 0 spiro atoms. The highest BCUT2D eigenvalue weighted by molar-refractivity contribution is 5.96. The van der Waals surface area contributed by atoms with E-state index in [4.69, 9.17) is 5.73 Å². The molecule has 0 fully saturated rings. The number of H-pyrrole nitrogens is 1. The summed E-state index contributed by atoms with van der Waals surface area (Å²) in [6.07, 6.45) is 1.48. The molecule has 1 unspecified atom stereocenters. The van der Waals surface area contributed by atoms with Gasteiger partial charge in [-0.3, -0.25) is 20.1 Å². The number of amides is 3. The Balaban J connectivity index is 1.61. The highest BCUT2D eigenvalue weighted by Crippen LogP contribution is 2.21. The van der Waals surface area contributed by atoms with E-state index in [0.717, 1.165) is 35.4 Å². The Morgan fingerprint density at radius 2 is 1.87 bits per heavy atom. The van der Waals surface area contributed by atoms with Crippen molar-refractivity contribution in [2.24, 2.45) is 5.73 Å². The SMILES string of the molecule is CN(CCCc1cc(-c2ccc(F)cc2)n[nH]1)C(C(=O)NC(N)=O)c1ccccc1. The minimum absolute atomic E-state index is 0.286. The molecule has 0 saturated heterocycles. The zero-order valence-corrected chi connectivity index (χ0v) is 16.6. The number of likely N-dealkylation sites (N-methyl/N-ethyl adjacent to an activating group) is 1. The zero-order chi connectivity index (χ0) is 21.5. The van der Waals surface area contributed by atoms with E-state index in [2.05, 4.69) is 15.5 Å². The van der Waals surface area contributed by atoms with Crippen molar-refractivity contribution >= 4 is 11.9 Å². The Hall–Kier alpha value is -3.52. The van der Waals surface area contributed by atoms with Gasteiger partial charge in [0.25, 0.3) is 0 Å². The molecule has 0 aliphatic heterocycles. The first kappa shape index (κ1) is 21.2. The summed E-state index contributed by atoms with van der Waals surface area (Å²) in [5.74, 6) is -0.748. The van der Waals surface area contributed by atoms with Crippen molar-refractivity contribution in [1.82, 2.24) is 20.4 Å². The lowest BCUT2D eigenvalue weighted by molar-refractivity contribution is -0.125. The molecule has 1 atom stereocenters. The summed E-state index contributed by atoms with van der Waals surface area (Å²) in [5, 5.41) is 9.45. The minimum atomic E-state index is -0.875. The molecule has 8 heteroatoms. The van der Waals surface area contributed by atoms with Crippen LogP contribution in [0.1, 0.15) is 23.7 Å². The van der Waals surface area contributed by atoms with E-state index in [0.29, 0.717) is 6.54 Å². The first-order valence-electron chi connectivity index (χ1n) is 9.60. The number of primary amides is 1. The van der Waals surface area contributed by atoms with Crippen LogP contribution >= 0.6 is 0 Å². The molecule has 156 valence electrons. The zero-order valence-electron chi connectivity index (χ0n) is 16.6. The fourth-order valence-electron chi connectivity index (χ4n) is 3.34. The Labute approximate surface area is 174 Å². The molecule has 0 saturated carbocycles. The van der Waals surface area contributed by atoms with Crippen LogP contribution in [0.2, 0.25) is 0 Å². The summed E-state index contributed by atoms with van der Waals surface area (Å²) in [6, 6.07) is 15.8. The first-order chi connectivity index (χ1) is 14.4. The van der Waals surface area contributed by atoms with Crippen molar-refractivity contribution in [3.63, 3.8) is 0 Å². The van der Waals surface area contributed by atoms with Gasteiger partial charge in [-0.2, -0.15) is 5.10 Å². The van der Waals surface area contributed by atoms with Gasteiger partial charge in [0.05, 0.1) is 5.69 Å². The van der Waals surface area contributed by atoms with E-state index in [1.54, 1.807) is 12.1 Å². The summed E-state index contributed by atoms with van der Waals surface area (Å²) in [5.41, 5.74) is 8.43. The number of imide groups is 1. The van der Waals surface area contributed by atoms with Crippen LogP contribution in [0, 0.1) is 5.82 Å². The van der Waals surface area contributed by atoms with E-state index in [1.807, 2.05) is 48.3 Å². The van der Waals surface area contributed by atoms with E-state index in [1.165, 1.54) is 12.1 Å². The number of benzene rings is 2. The quantitative estimate of drug-likeness (QED) is 0.532. The highest BCUT2D eigenvalue weighted by atomic mass is 19.1. The van der Waals surface area contributed by atoms with Crippen LogP contribution in [0.4, 0.5) is 9.18 Å². The van der Waals surface area contributed by atoms with E-state index in [-0.39, 0.29) is 5.82 Å². The number of nitrogens with one attached hydrogen (secondary N) is 2. The largest absolute Gasteiger partial charge is 0.351 e. The lowest BCUT2D eigenvalue weighted by Gasteiger charge is -2.27. The number of aryl methyl sites for hydroxylation is 1. The normalized spacial score (nSPS) is 12.0. The monoisotopic (exact) mass is 409 g/mol. The van der Waals surface area contributed by atoms with Gasteiger partial charge >= 0.3 is 6.03 Å². The predicted molar refractivity (Wildman–Crippen MR) is 112 cm³/mol. The molecule has 1 aromatic heterocycles. The van der Waals surface area contributed by atoms with Crippen LogP contribution in [-0.2, 0) is 11.2 Å². The first-order valence-corrected chi connectivity index (χ1v) is 9.60. The number of nitrogens with zero attached hydrogens (tertiary/aromatic N) is 2. The van der Waals surface area contributed by atoms with E-state index >= 15 is 0 Å². The number of halogens is 1. The number of nitrogens with two attached hydrogens (primary N) is 1. The Morgan fingerprint density at radius 1 is 1.17 bits per heavy atom. The van der Waals surface area contributed by atoms with Gasteiger partial charge < -0.3 is 5.73 Å². The van der Waals surface area contributed by atoms with Crippen LogP contribution < -0.4 is 11.1 Å². The average molecular weight is 409 g/mol. The molecule has 0 radical (unpaired) electrons. The second kappa shape index (κ2) is 9.80. The van der Waals surface area contributed by atoms with Gasteiger partial charge in [0, 0.05) is 11.3 Å². The molecule has 4 N–H and O–H groups in total. The van der Waals surface area contributed by atoms with Crippen LogP contribution in [-0.4, -0.2) is 40.6 Å². The van der Waals surface area contributed by atoms with Crippen LogP contribution in [0.3, 0.4) is 0 Å². The van der Waals surface area contributed by atoms with Crippen molar-refractivity contribution in [3.05, 3.63) is 77.7 Å². The van der Waals surface area contributed by atoms with Gasteiger partial charge in [-0.05, 0) is 62.3 Å². The topological polar surface area (TPSA) is 104 Å². The molecule has 0 aliphatic rings. The molecule has 3 rings (SSSR count). The predicted octanol–water partition coefficient (Wildman–Crippen LogP) is 3.02. The number of urea groups is 1. The van der Waals surface area contributed by atoms with Gasteiger partial charge in [-0.15, -0.1) is 0 Å². The standard InChI is InChI=1S/C22H24FN5O2/c1-28(20(21(29)25-22(24)30)16-6-3-2-4-7-16)13-5-8-18-14-19(27-26-18)15-9-11-17(23)12-10-15/h2-4,6-7,9-12,14,20H,5,8,13H2,1H3,(H,26,27)(H3,24,25,29,30). The third-order valence-electron chi connectivity index (χ3n) is 4.78. The maximum Gasteiger partial charge on any atom is 0.318 e. The summed E-state index contributed by atoms with van der Waals surface area (Å²) in [6.45, 7) is 0.608. The third-order valence-corrected chi connectivity index (χ3v) is 4.78. The molecule has 3 aromatic rings. The molecule has 0 aliphatic carbocycles. The third kappa shape index (κ3) is 5.51. The number of aromatic amines is 1. The summed E-state index contributed by atoms with van der Waals surface area (Å²) < 4.78 is 13.1. The maximum atomic E-state index is 13.1. The lowest BCUT2D eigenvalue weighted by Crippen LogP contribution is -2.43. The summed E-state index contributed by atoms with van der Waals surface area (Å²) in [4.78, 5) is 25.5.